The van der Waals surface area contributed by atoms with E-state index in [1.807, 2.05) is 30.0 Å². The van der Waals surface area contributed by atoms with E-state index in [1.54, 1.807) is 36.7 Å². The molecule has 0 amide bonds. The molecule has 1 aromatic carbocycles. The minimum atomic E-state index is -0.957. The van der Waals surface area contributed by atoms with Crippen LogP contribution in [0.1, 0.15) is 21.7 Å². The van der Waals surface area contributed by atoms with Gasteiger partial charge in [0, 0.05) is 18.6 Å². The molecule has 2 heterocycles. The van der Waals surface area contributed by atoms with Gasteiger partial charge in [0.05, 0.1) is 28.8 Å². The molecular weight excluding hydrogens is 266 g/mol. The molecule has 0 unspecified atom stereocenters. The second-order valence-electron chi connectivity index (χ2n) is 4.71. The third kappa shape index (κ3) is 2.67. The summed E-state index contributed by atoms with van der Waals surface area (Å²) in [4.78, 5) is 20.0. The Hall–Kier alpha value is -2.95. The van der Waals surface area contributed by atoms with Crippen LogP contribution in [-0.4, -0.2) is 25.6 Å². The quantitative estimate of drug-likeness (QED) is 0.800. The molecule has 0 radical (unpaired) electrons. The Morgan fingerprint density at radius 2 is 2.00 bits per heavy atom. The lowest BCUT2D eigenvalue weighted by Gasteiger charge is -2.03. The first kappa shape index (κ1) is 13.1. The van der Waals surface area contributed by atoms with Crippen LogP contribution in [0.15, 0.2) is 42.9 Å². The van der Waals surface area contributed by atoms with Gasteiger partial charge in [0.25, 0.3) is 0 Å². The summed E-state index contributed by atoms with van der Waals surface area (Å²) >= 11 is 0. The Morgan fingerprint density at radius 3 is 2.71 bits per heavy atom. The van der Waals surface area contributed by atoms with E-state index in [4.69, 9.17) is 0 Å². The standard InChI is InChI=1S/C16H13N3O2/c1-19-9-12(17-10-19)7-6-11-8-14(16(20)21)13-4-2-3-5-15(13)18-11/h2-10H,1H3,(H,20,21)/b7-6+. The number of aromatic carboxylic acids is 1. The number of pyridine rings is 1. The molecule has 5 heteroatoms. The Bertz CT molecular complexity index is 850. The van der Waals surface area contributed by atoms with Crippen molar-refractivity contribution in [1.82, 2.24) is 14.5 Å². The van der Waals surface area contributed by atoms with Crippen LogP contribution in [0.4, 0.5) is 0 Å². The molecule has 0 fully saturated rings. The molecule has 3 rings (SSSR count). The summed E-state index contributed by atoms with van der Waals surface area (Å²) in [6.07, 6.45) is 7.15. The Kier molecular flexibility index (Phi) is 3.23. The summed E-state index contributed by atoms with van der Waals surface area (Å²) < 4.78 is 1.84. The lowest BCUT2D eigenvalue weighted by Crippen LogP contribution is -2.00. The minimum absolute atomic E-state index is 0.251. The van der Waals surface area contributed by atoms with E-state index < -0.39 is 5.97 Å². The zero-order chi connectivity index (χ0) is 14.8. The highest BCUT2D eigenvalue weighted by molar-refractivity contribution is 6.03. The molecule has 0 saturated heterocycles. The normalized spacial score (nSPS) is 11.3. The number of imidazole rings is 1. The van der Waals surface area contributed by atoms with Gasteiger partial charge in [-0.2, -0.15) is 0 Å². The Morgan fingerprint density at radius 1 is 1.24 bits per heavy atom. The van der Waals surface area contributed by atoms with Gasteiger partial charge < -0.3 is 9.67 Å². The molecule has 0 aliphatic carbocycles. The van der Waals surface area contributed by atoms with Crippen LogP contribution < -0.4 is 0 Å². The number of hydrogen-bond acceptors (Lipinski definition) is 3. The largest absolute Gasteiger partial charge is 0.478 e. The maximum absolute atomic E-state index is 11.4. The fourth-order valence-electron chi connectivity index (χ4n) is 2.15. The third-order valence-electron chi connectivity index (χ3n) is 3.12. The summed E-state index contributed by atoms with van der Waals surface area (Å²) in [7, 11) is 1.89. The first-order chi connectivity index (χ1) is 10.1. The Balaban J connectivity index is 2.07. The van der Waals surface area contributed by atoms with Gasteiger partial charge in [-0.1, -0.05) is 18.2 Å². The van der Waals surface area contributed by atoms with E-state index >= 15 is 0 Å². The highest BCUT2D eigenvalue weighted by Gasteiger charge is 2.10. The predicted molar refractivity (Wildman–Crippen MR) is 80.8 cm³/mol. The van der Waals surface area contributed by atoms with Crippen molar-refractivity contribution >= 4 is 29.0 Å². The first-order valence-corrected chi connectivity index (χ1v) is 6.42. The first-order valence-electron chi connectivity index (χ1n) is 6.42. The van der Waals surface area contributed by atoms with Crippen LogP contribution >= 0.6 is 0 Å². The molecule has 0 spiro atoms. The fraction of sp³-hybridized carbons (Fsp3) is 0.0625. The summed E-state index contributed by atoms with van der Waals surface area (Å²) in [5.41, 5.74) is 2.31. The van der Waals surface area contributed by atoms with Gasteiger partial charge in [0.2, 0.25) is 0 Å². The van der Waals surface area contributed by atoms with E-state index in [0.29, 0.717) is 16.6 Å². The average molecular weight is 279 g/mol. The van der Waals surface area contributed by atoms with Gasteiger partial charge in [-0.25, -0.2) is 14.8 Å². The molecule has 0 bridgehead atoms. The van der Waals surface area contributed by atoms with Crippen LogP contribution in [0, 0.1) is 0 Å². The number of benzene rings is 1. The number of rotatable bonds is 3. The molecule has 0 saturated carbocycles. The number of nitrogens with zero attached hydrogens (tertiary/aromatic N) is 3. The van der Waals surface area contributed by atoms with Crippen molar-refractivity contribution in [2.75, 3.05) is 0 Å². The Labute approximate surface area is 121 Å². The predicted octanol–water partition coefficient (Wildman–Crippen LogP) is 2.84. The summed E-state index contributed by atoms with van der Waals surface area (Å²) in [6, 6.07) is 8.79. The van der Waals surface area contributed by atoms with Gasteiger partial charge in [-0.3, -0.25) is 0 Å². The van der Waals surface area contributed by atoms with Gasteiger partial charge in [-0.05, 0) is 24.3 Å². The van der Waals surface area contributed by atoms with E-state index in [9.17, 15) is 9.90 Å². The maximum Gasteiger partial charge on any atom is 0.336 e. The average Bonchev–Trinajstić information content (AvgIpc) is 2.89. The van der Waals surface area contributed by atoms with Gasteiger partial charge in [0.15, 0.2) is 0 Å². The second kappa shape index (κ2) is 5.20. The zero-order valence-corrected chi connectivity index (χ0v) is 11.4. The van der Waals surface area contributed by atoms with Crippen LogP contribution in [0.25, 0.3) is 23.1 Å². The summed E-state index contributed by atoms with van der Waals surface area (Å²) in [5.74, 6) is -0.957. The molecule has 0 atom stereocenters. The minimum Gasteiger partial charge on any atom is -0.478 e. The summed E-state index contributed by atoms with van der Waals surface area (Å²) in [6.45, 7) is 0. The molecule has 0 aliphatic heterocycles. The number of aryl methyl sites for hydroxylation is 1. The fourth-order valence-corrected chi connectivity index (χ4v) is 2.15. The van der Waals surface area contributed by atoms with E-state index in [2.05, 4.69) is 9.97 Å². The van der Waals surface area contributed by atoms with Crippen LogP contribution in [0.5, 0.6) is 0 Å². The lowest BCUT2D eigenvalue weighted by atomic mass is 10.1. The van der Waals surface area contributed by atoms with Gasteiger partial charge >= 0.3 is 5.97 Å². The van der Waals surface area contributed by atoms with Crippen molar-refractivity contribution in [3.63, 3.8) is 0 Å². The van der Waals surface area contributed by atoms with Crippen LogP contribution in [0.3, 0.4) is 0 Å². The van der Waals surface area contributed by atoms with Crippen LogP contribution in [-0.2, 0) is 7.05 Å². The SMILES string of the molecule is Cn1cnc(/C=C/c2cc(C(=O)O)c3ccccc3n2)c1. The monoisotopic (exact) mass is 279 g/mol. The molecule has 21 heavy (non-hydrogen) atoms. The number of hydrogen-bond donors (Lipinski definition) is 1. The molecule has 104 valence electrons. The van der Waals surface area contributed by atoms with Gasteiger partial charge in [0.1, 0.15) is 0 Å². The molecule has 2 aromatic heterocycles. The number of carbonyl (C=O) groups is 1. The van der Waals surface area contributed by atoms with Crippen molar-refractivity contribution in [2.24, 2.45) is 7.05 Å². The zero-order valence-electron chi connectivity index (χ0n) is 11.4. The van der Waals surface area contributed by atoms with Gasteiger partial charge in [-0.15, -0.1) is 0 Å². The second-order valence-corrected chi connectivity index (χ2v) is 4.71. The van der Waals surface area contributed by atoms with Crippen molar-refractivity contribution in [3.05, 3.63) is 59.8 Å². The topological polar surface area (TPSA) is 68.0 Å². The molecule has 3 aromatic rings. The lowest BCUT2D eigenvalue weighted by molar-refractivity contribution is 0.0699. The molecular formula is C16H13N3O2. The van der Waals surface area contributed by atoms with Crippen molar-refractivity contribution < 1.29 is 9.90 Å². The number of aromatic nitrogens is 3. The highest BCUT2D eigenvalue weighted by Crippen LogP contribution is 2.19. The van der Waals surface area contributed by atoms with Crippen molar-refractivity contribution in [1.29, 1.82) is 0 Å². The van der Waals surface area contributed by atoms with Crippen LogP contribution in [0.2, 0.25) is 0 Å². The van der Waals surface area contributed by atoms with E-state index in [1.165, 1.54) is 0 Å². The molecule has 1 N–H and O–H groups in total. The number of carboxylic acid groups (broad SMARTS) is 1. The van der Waals surface area contributed by atoms with E-state index in [0.717, 1.165) is 5.69 Å². The number of para-hydroxylation sites is 1. The molecule has 5 nitrogen and oxygen atoms in total. The molecule has 0 aliphatic rings. The number of fused-ring (bicyclic) bond motifs is 1. The third-order valence-corrected chi connectivity index (χ3v) is 3.12. The van der Waals surface area contributed by atoms with E-state index in [-0.39, 0.29) is 5.56 Å². The smallest absolute Gasteiger partial charge is 0.336 e. The van der Waals surface area contributed by atoms with Crippen molar-refractivity contribution in [3.8, 4) is 0 Å². The highest BCUT2D eigenvalue weighted by atomic mass is 16.4. The summed E-state index contributed by atoms with van der Waals surface area (Å²) in [5, 5.41) is 9.97. The maximum atomic E-state index is 11.4. The van der Waals surface area contributed by atoms with Crippen molar-refractivity contribution in [2.45, 2.75) is 0 Å². The number of carboxylic acids is 1.